The average Bonchev–Trinajstić information content (AvgIpc) is 2.85. The van der Waals surface area contributed by atoms with E-state index in [9.17, 15) is 8.42 Å². The van der Waals surface area contributed by atoms with E-state index in [-0.39, 0.29) is 4.90 Å². The zero-order valence-electron chi connectivity index (χ0n) is 10.3. The Bertz CT molecular complexity index is 654. The molecule has 1 aromatic heterocycles. The molecule has 0 atom stereocenters. The molecule has 7 heteroatoms. The fourth-order valence-electron chi connectivity index (χ4n) is 1.54. The van der Waals surface area contributed by atoms with Crippen LogP contribution in [0, 0.1) is 6.92 Å². The van der Waals surface area contributed by atoms with E-state index in [4.69, 9.17) is 0 Å². The van der Waals surface area contributed by atoms with Crippen molar-refractivity contribution in [2.75, 3.05) is 6.54 Å². The molecule has 0 aliphatic carbocycles. The molecule has 0 aliphatic rings. The third kappa shape index (κ3) is 3.85. The lowest BCUT2D eigenvalue weighted by Crippen LogP contribution is -2.26. The summed E-state index contributed by atoms with van der Waals surface area (Å²) in [7, 11) is -3.45. The van der Waals surface area contributed by atoms with E-state index in [2.05, 4.69) is 25.6 Å². The molecule has 4 nitrogen and oxygen atoms in total. The summed E-state index contributed by atoms with van der Waals surface area (Å²) < 4.78 is 27.6. The molecule has 0 aliphatic heterocycles. The predicted molar refractivity (Wildman–Crippen MR) is 79.9 cm³/mol. The van der Waals surface area contributed by atoms with Crippen LogP contribution in [0.5, 0.6) is 0 Å². The van der Waals surface area contributed by atoms with Crippen molar-refractivity contribution in [2.24, 2.45) is 0 Å². The topological polar surface area (TPSA) is 59.1 Å². The van der Waals surface area contributed by atoms with Crippen LogP contribution in [-0.2, 0) is 16.4 Å². The number of nitrogens with zero attached hydrogens (tertiary/aromatic N) is 1. The molecule has 2 rings (SSSR count). The summed E-state index contributed by atoms with van der Waals surface area (Å²) in [5.41, 5.74) is 0.891. The highest BCUT2D eigenvalue weighted by molar-refractivity contribution is 9.10. The molecule has 0 saturated carbocycles. The van der Waals surface area contributed by atoms with E-state index in [0.29, 0.717) is 13.0 Å². The second kappa shape index (κ2) is 6.13. The van der Waals surface area contributed by atoms with Gasteiger partial charge in [0.2, 0.25) is 10.0 Å². The van der Waals surface area contributed by atoms with Crippen LogP contribution < -0.4 is 4.72 Å². The summed E-state index contributed by atoms with van der Waals surface area (Å²) in [6.07, 6.45) is 2.32. The van der Waals surface area contributed by atoms with Crippen LogP contribution in [0.4, 0.5) is 0 Å². The largest absolute Gasteiger partial charge is 0.250 e. The van der Waals surface area contributed by atoms with Crippen LogP contribution in [0.1, 0.15) is 10.6 Å². The van der Waals surface area contributed by atoms with Gasteiger partial charge in [0.15, 0.2) is 0 Å². The summed E-state index contributed by atoms with van der Waals surface area (Å²) in [5.74, 6) is 0. The third-order valence-corrected chi connectivity index (χ3v) is 5.74. The van der Waals surface area contributed by atoms with Gasteiger partial charge in [0.25, 0.3) is 0 Å². The fraction of sp³-hybridized carbons (Fsp3) is 0.250. The smallest absolute Gasteiger partial charge is 0.240 e. The van der Waals surface area contributed by atoms with Crippen molar-refractivity contribution in [1.29, 1.82) is 0 Å². The van der Waals surface area contributed by atoms with Crippen LogP contribution in [0.25, 0.3) is 0 Å². The minimum Gasteiger partial charge on any atom is -0.250 e. The standard InChI is InChI=1S/C12H13BrN2O2S2/c1-9-8-10(2-3-11(9)13)19(16,17)15-5-4-12-14-6-7-18-12/h2-3,6-8,15H,4-5H2,1H3. The van der Waals surface area contributed by atoms with Crippen molar-refractivity contribution in [2.45, 2.75) is 18.2 Å². The predicted octanol–water partition coefficient (Wildman–Crippen LogP) is 2.74. The van der Waals surface area contributed by atoms with Crippen LogP contribution in [0.2, 0.25) is 0 Å². The molecule has 0 saturated heterocycles. The molecule has 1 N–H and O–H groups in total. The van der Waals surface area contributed by atoms with Gasteiger partial charge >= 0.3 is 0 Å². The zero-order valence-corrected chi connectivity index (χ0v) is 13.5. The summed E-state index contributed by atoms with van der Waals surface area (Å²) in [4.78, 5) is 4.40. The second-order valence-electron chi connectivity index (χ2n) is 3.98. The number of aromatic nitrogens is 1. The Kier molecular flexibility index (Phi) is 4.72. The Morgan fingerprint density at radius 2 is 2.21 bits per heavy atom. The second-order valence-corrected chi connectivity index (χ2v) is 7.59. The summed E-state index contributed by atoms with van der Waals surface area (Å²) >= 11 is 4.87. The van der Waals surface area contributed by atoms with Crippen LogP contribution in [0.15, 0.2) is 39.1 Å². The third-order valence-electron chi connectivity index (χ3n) is 2.55. The highest BCUT2D eigenvalue weighted by Gasteiger charge is 2.14. The number of hydrogen-bond acceptors (Lipinski definition) is 4. The van der Waals surface area contributed by atoms with E-state index in [1.807, 2.05) is 12.3 Å². The fourth-order valence-corrected chi connectivity index (χ4v) is 3.52. The first kappa shape index (κ1) is 14.6. The number of halogens is 1. The Hall–Kier alpha value is -0.760. The number of nitrogens with one attached hydrogen (secondary N) is 1. The van der Waals surface area contributed by atoms with Gasteiger partial charge in [0.05, 0.1) is 9.90 Å². The van der Waals surface area contributed by atoms with E-state index < -0.39 is 10.0 Å². The quantitative estimate of drug-likeness (QED) is 0.891. The SMILES string of the molecule is Cc1cc(S(=O)(=O)NCCc2nccs2)ccc1Br. The highest BCUT2D eigenvalue weighted by atomic mass is 79.9. The molecule has 2 aromatic rings. The Morgan fingerprint density at radius 1 is 1.42 bits per heavy atom. The van der Waals surface area contributed by atoms with Crippen molar-refractivity contribution in [1.82, 2.24) is 9.71 Å². The van der Waals surface area contributed by atoms with Gasteiger partial charge < -0.3 is 0 Å². The van der Waals surface area contributed by atoms with Gasteiger partial charge in [-0.1, -0.05) is 15.9 Å². The number of rotatable bonds is 5. The summed E-state index contributed by atoms with van der Waals surface area (Å²) in [6.45, 7) is 2.21. The molecule has 0 bridgehead atoms. The summed E-state index contributed by atoms with van der Waals surface area (Å²) in [5, 5.41) is 2.80. The number of hydrogen-bond donors (Lipinski definition) is 1. The van der Waals surface area contributed by atoms with Gasteiger partial charge in [0.1, 0.15) is 0 Å². The van der Waals surface area contributed by atoms with Crippen molar-refractivity contribution in [3.63, 3.8) is 0 Å². The maximum Gasteiger partial charge on any atom is 0.240 e. The number of aryl methyl sites for hydroxylation is 1. The molecular formula is C12H13BrN2O2S2. The van der Waals surface area contributed by atoms with Gasteiger partial charge in [-0.2, -0.15) is 0 Å². The molecule has 1 heterocycles. The average molecular weight is 361 g/mol. The maximum atomic E-state index is 12.1. The molecule has 0 fully saturated rings. The lowest BCUT2D eigenvalue weighted by atomic mass is 10.2. The molecule has 0 unspecified atom stereocenters. The van der Waals surface area contributed by atoms with Gasteiger partial charge in [-0.05, 0) is 30.7 Å². The lowest BCUT2D eigenvalue weighted by Gasteiger charge is -2.07. The number of benzene rings is 1. The van der Waals surface area contributed by atoms with Crippen LogP contribution in [0.3, 0.4) is 0 Å². The van der Waals surface area contributed by atoms with Crippen molar-refractivity contribution in [3.05, 3.63) is 44.8 Å². The summed E-state index contributed by atoms with van der Waals surface area (Å²) in [6, 6.07) is 4.98. The van der Waals surface area contributed by atoms with Crippen molar-refractivity contribution >= 4 is 37.3 Å². The Labute approximate surface area is 125 Å². The molecule has 0 radical (unpaired) electrons. The molecule has 102 valence electrons. The Balaban J connectivity index is 2.03. The van der Waals surface area contributed by atoms with Crippen molar-refractivity contribution < 1.29 is 8.42 Å². The maximum absolute atomic E-state index is 12.1. The van der Waals surface area contributed by atoms with Crippen molar-refractivity contribution in [3.8, 4) is 0 Å². The molecule has 1 aromatic carbocycles. The zero-order chi connectivity index (χ0) is 13.9. The normalized spacial score (nSPS) is 11.7. The van der Waals surface area contributed by atoms with Gasteiger partial charge in [-0.25, -0.2) is 18.1 Å². The lowest BCUT2D eigenvalue weighted by molar-refractivity contribution is 0.581. The first-order valence-corrected chi connectivity index (χ1v) is 8.79. The van der Waals surface area contributed by atoms with E-state index in [0.717, 1.165) is 15.0 Å². The van der Waals surface area contributed by atoms with E-state index >= 15 is 0 Å². The Morgan fingerprint density at radius 3 is 2.84 bits per heavy atom. The van der Waals surface area contributed by atoms with Gasteiger partial charge in [0, 0.05) is 29.0 Å². The number of thiazole rings is 1. The van der Waals surface area contributed by atoms with Crippen LogP contribution >= 0.6 is 27.3 Å². The molecule has 0 amide bonds. The monoisotopic (exact) mass is 360 g/mol. The molecule has 19 heavy (non-hydrogen) atoms. The first-order chi connectivity index (χ1) is 8.99. The highest BCUT2D eigenvalue weighted by Crippen LogP contribution is 2.19. The van der Waals surface area contributed by atoms with E-state index in [1.165, 1.54) is 11.3 Å². The van der Waals surface area contributed by atoms with E-state index in [1.54, 1.807) is 24.4 Å². The molecule has 0 spiro atoms. The van der Waals surface area contributed by atoms with Crippen LogP contribution in [-0.4, -0.2) is 19.9 Å². The van der Waals surface area contributed by atoms with Gasteiger partial charge in [-0.15, -0.1) is 11.3 Å². The minimum atomic E-state index is -3.45. The minimum absolute atomic E-state index is 0.285. The first-order valence-electron chi connectivity index (χ1n) is 5.63. The van der Waals surface area contributed by atoms with Gasteiger partial charge in [-0.3, -0.25) is 0 Å². The molecular weight excluding hydrogens is 348 g/mol. The number of sulfonamides is 1.